The maximum absolute atomic E-state index is 13.8. The molecule has 0 saturated carbocycles. The van der Waals surface area contributed by atoms with Gasteiger partial charge < -0.3 is 19.0 Å². The number of thiazole rings is 1. The molecule has 0 aliphatic carbocycles. The van der Waals surface area contributed by atoms with Crippen molar-refractivity contribution in [3.05, 3.63) is 107 Å². The minimum absolute atomic E-state index is 0.0454. The van der Waals surface area contributed by atoms with Gasteiger partial charge in [-0.1, -0.05) is 35.1 Å². The number of furan rings is 1. The molecule has 210 valence electrons. The number of hydrogen-bond acceptors (Lipinski definition) is 8. The van der Waals surface area contributed by atoms with Crippen LogP contribution >= 0.6 is 22.9 Å². The van der Waals surface area contributed by atoms with Crippen molar-refractivity contribution >= 4 is 41.0 Å². The number of aromatic carboxylic acids is 1. The van der Waals surface area contributed by atoms with Crippen molar-refractivity contribution in [2.24, 2.45) is 4.99 Å². The predicted molar refractivity (Wildman–Crippen MR) is 154 cm³/mol. The molecule has 1 N–H and O–H groups in total. The van der Waals surface area contributed by atoms with Crippen LogP contribution in [0.4, 0.5) is 0 Å². The van der Waals surface area contributed by atoms with Gasteiger partial charge in [0.1, 0.15) is 17.3 Å². The first-order chi connectivity index (χ1) is 19.6. The van der Waals surface area contributed by atoms with E-state index >= 15 is 0 Å². The van der Waals surface area contributed by atoms with Gasteiger partial charge in [-0.3, -0.25) is 9.36 Å². The summed E-state index contributed by atoms with van der Waals surface area (Å²) < 4.78 is 18.6. The number of hydrogen-bond donors (Lipinski definition) is 1. The van der Waals surface area contributed by atoms with Gasteiger partial charge in [0.25, 0.3) is 5.56 Å². The molecule has 3 heterocycles. The second-order valence-electron chi connectivity index (χ2n) is 9.23. The van der Waals surface area contributed by atoms with Crippen LogP contribution in [0.1, 0.15) is 47.1 Å². The lowest BCUT2D eigenvalue weighted by atomic mass is 9.95. The van der Waals surface area contributed by atoms with Crippen LogP contribution in [0, 0.1) is 6.92 Å². The number of fused-ring (bicyclic) bond motifs is 1. The summed E-state index contributed by atoms with van der Waals surface area (Å²) in [5.41, 5.74) is 2.44. The van der Waals surface area contributed by atoms with Crippen molar-refractivity contribution in [2.45, 2.75) is 26.8 Å². The number of carbonyl (C=O) groups is 2. The SMILES string of the molecule is CCOC(=O)C1=C(C)N=c2s/c(=C/c3ccc(-c4ccc(Cl)c(C(=O)O)c4)o3)c(=O)n2[C@H]1c1ccc(C)c(OC)c1. The number of rotatable bonds is 7. The van der Waals surface area contributed by atoms with Gasteiger partial charge in [-0.05, 0) is 68.3 Å². The molecule has 1 aliphatic heterocycles. The highest BCUT2D eigenvalue weighted by molar-refractivity contribution is 7.07. The van der Waals surface area contributed by atoms with Crippen molar-refractivity contribution < 1.29 is 28.6 Å². The van der Waals surface area contributed by atoms with E-state index < -0.39 is 18.0 Å². The Kier molecular flexibility index (Phi) is 7.70. The largest absolute Gasteiger partial charge is 0.496 e. The van der Waals surface area contributed by atoms with E-state index in [9.17, 15) is 19.5 Å². The van der Waals surface area contributed by atoms with Crippen LogP contribution in [-0.4, -0.2) is 35.3 Å². The zero-order valence-electron chi connectivity index (χ0n) is 22.6. The summed E-state index contributed by atoms with van der Waals surface area (Å²) >= 11 is 7.16. The molecule has 0 unspecified atom stereocenters. The zero-order valence-corrected chi connectivity index (χ0v) is 24.1. The molecule has 41 heavy (non-hydrogen) atoms. The Bertz CT molecular complexity index is 1920. The highest BCUT2D eigenvalue weighted by Crippen LogP contribution is 2.33. The summed E-state index contributed by atoms with van der Waals surface area (Å²) in [7, 11) is 1.56. The number of aryl methyl sites for hydroxylation is 1. The molecular formula is C30H25ClN2O7S. The lowest BCUT2D eigenvalue weighted by Crippen LogP contribution is -2.40. The Morgan fingerprint density at radius 3 is 2.66 bits per heavy atom. The van der Waals surface area contributed by atoms with Crippen LogP contribution in [0.5, 0.6) is 5.75 Å². The van der Waals surface area contributed by atoms with E-state index in [0.29, 0.717) is 43.4 Å². The fraction of sp³-hybridized carbons (Fsp3) is 0.200. The molecule has 0 bridgehead atoms. The van der Waals surface area contributed by atoms with Gasteiger partial charge in [-0.15, -0.1) is 0 Å². The molecule has 1 atom stereocenters. The van der Waals surface area contributed by atoms with Crippen LogP contribution in [-0.2, 0) is 9.53 Å². The van der Waals surface area contributed by atoms with E-state index in [1.165, 1.54) is 28.0 Å². The molecule has 0 amide bonds. The third-order valence-electron chi connectivity index (χ3n) is 6.65. The van der Waals surface area contributed by atoms with Crippen LogP contribution in [0.15, 0.2) is 74.0 Å². The first-order valence-corrected chi connectivity index (χ1v) is 13.8. The fourth-order valence-corrected chi connectivity index (χ4v) is 5.90. The molecule has 2 aromatic heterocycles. The van der Waals surface area contributed by atoms with Gasteiger partial charge >= 0.3 is 11.9 Å². The van der Waals surface area contributed by atoms with Crippen molar-refractivity contribution in [3.63, 3.8) is 0 Å². The fourth-order valence-electron chi connectivity index (χ4n) is 4.67. The average molecular weight is 593 g/mol. The molecule has 11 heteroatoms. The van der Waals surface area contributed by atoms with Crippen molar-refractivity contribution in [1.82, 2.24) is 4.57 Å². The van der Waals surface area contributed by atoms with Gasteiger partial charge in [-0.2, -0.15) is 0 Å². The monoisotopic (exact) mass is 592 g/mol. The van der Waals surface area contributed by atoms with E-state index in [1.807, 2.05) is 25.1 Å². The Hall–Kier alpha value is -4.41. The number of allylic oxidation sites excluding steroid dienone is 1. The highest BCUT2D eigenvalue weighted by atomic mass is 35.5. The summed E-state index contributed by atoms with van der Waals surface area (Å²) in [5.74, 6) is -0.283. The van der Waals surface area contributed by atoms with Crippen molar-refractivity contribution in [1.29, 1.82) is 0 Å². The number of nitrogens with zero attached hydrogens (tertiary/aromatic N) is 2. The number of methoxy groups -OCH3 is 1. The number of halogens is 1. The third-order valence-corrected chi connectivity index (χ3v) is 7.96. The second kappa shape index (κ2) is 11.2. The lowest BCUT2D eigenvalue weighted by molar-refractivity contribution is -0.139. The Balaban J connectivity index is 1.63. The molecular weight excluding hydrogens is 568 g/mol. The predicted octanol–water partition coefficient (Wildman–Crippen LogP) is 4.73. The maximum atomic E-state index is 13.8. The van der Waals surface area contributed by atoms with Gasteiger partial charge in [0.2, 0.25) is 0 Å². The second-order valence-corrected chi connectivity index (χ2v) is 10.6. The van der Waals surface area contributed by atoms with Gasteiger partial charge in [0, 0.05) is 11.6 Å². The van der Waals surface area contributed by atoms with E-state index in [4.69, 9.17) is 25.5 Å². The number of esters is 1. The van der Waals surface area contributed by atoms with E-state index in [1.54, 1.807) is 45.2 Å². The molecule has 5 rings (SSSR count). The van der Waals surface area contributed by atoms with Gasteiger partial charge in [0.15, 0.2) is 4.80 Å². The van der Waals surface area contributed by atoms with Gasteiger partial charge in [-0.25, -0.2) is 14.6 Å². The van der Waals surface area contributed by atoms with E-state index in [-0.39, 0.29) is 28.3 Å². The molecule has 0 fully saturated rings. The standard InChI is InChI=1S/C30H25ClN2O7S/c1-5-39-29(37)25-16(3)32-30-33(26(25)18-7-6-15(2)23(13-18)38-4)27(34)24(41-30)14-19-9-11-22(40-19)17-8-10-21(31)20(12-17)28(35)36/h6-14,26H,5H2,1-4H3,(H,35,36)/b24-14+/t26-/m0/s1. The molecule has 1 aliphatic rings. The van der Waals surface area contributed by atoms with Crippen LogP contribution in [0.2, 0.25) is 5.02 Å². The molecule has 0 saturated heterocycles. The van der Waals surface area contributed by atoms with Crippen molar-refractivity contribution in [2.75, 3.05) is 13.7 Å². The number of aromatic nitrogens is 1. The summed E-state index contributed by atoms with van der Waals surface area (Å²) in [6, 6.07) is 12.7. The molecule has 9 nitrogen and oxygen atoms in total. The van der Waals surface area contributed by atoms with Crippen LogP contribution in [0.25, 0.3) is 17.4 Å². The molecule has 0 radical (unpaired) electrons. The minimum atomic E-state index is -1.15. The first-order valence-electron chi connectivity index (χ1n) is 12.6. The van der Waals surface area contributed by atoms with Gasteiger partial charge in [0.05, 0.1) is 46.1 Å². The quantitative estimate of drug-likeness (QED) is 0.308. The Labute approximate surface area is 243 Å². The summed E-state index contributed by atoms with van der Waals surface area (Å²) in [4.78, 5) is 43.4. The Morgan fingerprint density at radius 1 is 1.17 bits per heavy atom. The number of carboxylic acid groups (broad SMARTS) is 1. The van der Waals surface area contributed by atoms with E-state index in [2.05, 4.69) is 4.99 Å². The molecule has 4 aromatic rings. The number of carbonyl (C=O) groups excluding carboxylic acids is 1. The maximum Gasteiger partial charge on any atom is 0.338 e. The van der Waals surface area contributed by atoms with Crippen LogP contribution in [0.3, 0.4) is 0 Å². The third kappa shape index (κ3) is 5.23. The highest BCUT2D eigenvalue weighted by Gasteiger charge is 2.33. The van der Waals surface area contributed by atoms with E-state index in [0.717, 1.165) is 5.56 Å². The Morgan fingerprint density at radius 2 is 1.95 bits per heavy atom. The average Bonchev–Trinajstić information content (AvgIpc) is 3.52. The normalized spacial score (nSPS) is 15.0. The lowest BCUT2D eigenvalue weighted by Gasteiger charge is -2.25. The number of ether oxygens (including phenoxy) is 2. The molecule has 0 spiro atoms. The summed E-state index contributed by atoms with van der Waals surface area (Å²) in [6.07, 6.45) is 1.59. The summed E-state index contributed by atoms with van der Waals surface area (Å²) in [6.45, 7) is 5.52. The van der Waals surface area contributed by atoms with Crippen molar-refractivity contribution in [3.8, 4) is 17.1 Å². The molecule has 2 aromatic carbocycles. The van der Waals surface area contributed by atoms with Crippen LogP contribution < -0.4 is 19.6 Å². The number of benzene rings is 2. The smallest absolute Gasteiger partial charge is 0.338 e. The summed E-state index contributed by atoms with van der Waals surface area (Å²) in [5, 5.41) is 9.51. The number of carboxylic acids is 1. The minimum Gasteiger partial charge on any atom is -0.496 e. The topological polar surface area (TPSA) is 120 Å². The zero-order chi connectivity index (χ0) is 29.4. The first kappa shape index (κ1) is 28.1.